The minimum absolute atomic E-state index is 0.0218. The number of aromatic nitrogens is 2. The molecule has 0 aliphatic carbocycles. The average molecular weight is 312 g/mol. The van der Waals surface area contributed by atoms with E-state index in [0.717, 1.165) is 6.42 Å². The van der Waals surface area contributed by atoms with Gasteiger partial charge in [-0.25, -0.2) is 4.79 Å². The van der Waals surface area contributed by atoms with Gasteiger partial charge in [0.1, 0.15) is 11.4 Å². The van der Waals surface area contributed by atoms with Gasteiger partial charge in [0.05, 0.1) is 13.2 Å². The van der Waals surface area contributed by atoms with Crippen LogP contribution in [0.1, 0.15) is 37.0 Å². The first-order valence-electron chi connectivity index (χ1n) is 7.45. The van der Waals surface area contributed by atoms with Gasteiger partial charge in [0.2, 0.25) is 0 Å². The highest BCUT2D eigenvalue weighted by Crippen LogP contribution is 2.07. The molecule has 0 radical (unpaired) electrons. The molecule has 1 heterocycles. The SMILES string of the molecule is CCCN(CCO)CC(=O)c1c(N)n(CCC)c(=O)[nH]c1=O. The van der Waals surface area contributed by atoms with Crippen molar-refractivity contribution in [3.8, 4) is 0 Å². The van der Waals surface area contributed by atoms with Crippen LogP contribution in [0.5, 0.6) is 0 Å². The molecule has 0 aliphatic rings. The summed E-state index contributed by atoms with van der Waals surface area (Å²) >= 11 is 0. The van der Waals surface area contributed by atoms with Crippen LogP contribution in [0.15, 0.2) is 9.59 Å². The van der Waals surface area contributed by atoms with Gasteiger partial charge in [0.25, 0.3) is 5.56 Å². The van der Waals surface area contributed by atoms with Crippen LogP contribution in [0.2, 0.25) is 0 Å². The topological polar surface area (TPSA) is 121 Å². The maximum Gasteiger partial charge on any atom is 0.329 e. The highest BCUT2D eigenvalue weighted by molar-refractivity contribution is 6.01. The minimum Gasteiger partial charge on any atom is -0.395 e. The molecule has 124 valence electrons. The van der Waals surface area contributed by atoms with Crippen molar-refractivity contribution in [1.29, 1.82) is 0 Å². The van der Waals surface area contributed by atoms with Gasteiger partial charge >= 0.3 is 5.69 Å². The number of carbonyl (C=O) groups is 1. The number of nitrogens with one attached hydrogen (secondary N) is 1. The minimum atomic E-state index is -0.764. The molecule has 0 fully saturated rings. The highest BCUT2D eigenvalue weighted by Gasteiger charge is 2.21. The van der Waals surface area contributed by atoms with E-state index in [9.17, 15) is 14.4 Å². The van der Waals surface area contributed by atoms with Gasteiger partial charge in [0.15, 0.2) is 5.78 Å². The summed E-state index contributed by atoms with van der Waals surface area (Å²) in [6, 6.07) is 0. The highest BCUT2D eigenvalue weighted by atomic mass is 16.3. The lowest BCUT2D eigenvalue weighted by Crippen LogP contribution is -2.40. The summed E-state index contributed by atoms with van der Waals surface area (Å²) in [5, 5.41) is 9.02. The van der Waals surface area contributed by atoms with E-state index in [4.69, 9.17) is 10.8 Å². The summed E-state index contributed by atoms with van der Waals surface area (Å²) in [7, 11) is 0. The number of rotatable bonds is 9. The molecule has 22 heavy (non-hydrogen) atoms. The molecule has 0 spiro atoms. The summed E-state index contributed by atoms with van der Waals surface area (Å²) in [5.41, 5.74) is 4.29. The summed E-state index contributed by atoms with van der Waals surface area (Å²) in [4.78, 5) is 39.9. The van der Waals surface area contributed by atoms with E-state index in [1.807, 2.05) is 13.8 Å². The number of hydrogen-bond acceptors (Lipinski definition) is 6. The number of H-pyrrole nitrogens is 1. The van der Waals surface area contributed by atoms with Crippen molar-refractivity contribution in [1.82, 2.24) is 14.5 Å². The van der Waals surface area contributed by atoms with Gasteiger partial charge in [-0.05, 0) is 19.4 Å². The second-order valence-corrected chi connectivity index (χ2v) is 5.09. The van der Waals surface area contributed by atoms with E-state index in [-0.39, 0.29) is 24.5 Å². The van der Waals surface area contributed by atoms with Crippen LogP contribution in [0.3, 0.4) is 0 Å². The van der Waals surface area contributed by atoms with Gasteiger partial charge in [-0.3, -0.25) is 24.0 Å². The fourth-order valence-corrected chi connectivity index (χ4v) is 2.31. The fraction of sp³-hybridized carbons (Fsp3) is 0.643. The molecule has 8 nitrogen and oxygen atoms in total. The third kappa shape index (κ3) is 4.28. The Labute approximate surface area is 128 Å². The number of nitrogen functional groups attached to an aromatic ring is 1. The first-order chi connectivity index (χ1) is 10.5. The number of aromatic amines is 1. The van der Waals surface area contributed by atoms with Crippen LogP contribution in [0.25, 0.3) is 0 Å². The van der Waals surface area contributed by atoms with Crippen molar-refractivity contribution in [2.45, 2.75) is 33.2 Å². The molecule has 0 saturated carbocycles. The van der Waals surface area contributed by atoms with E-state index in [0.29, 0.717) is 26.1 Å². The standard InChI is InChI=1S/C14H24N4O4/c1-3-5-17(7-8-19)9-10(20)11-12(15)18(6-4-2)14(22)16-13(11)21/h19H,3-9,15H2,1-2H3,(H,16,21,22). The zero-order valence-corrected chi connectivity index (χ0v) is 13.1. The van der Waals surface area contributed by atoms with Gasteiger partial charge < -0.3 is 10.8 Å². The molecule has 0 saturated heterocycles. The monoisotopic (exact) mass is 312 g/mol. The number of anilines is 1. The molecule has 1 rings (SSSR count). The predicted molar refractivity (Wildman–Crippen MR) is 84.2 cm³/mol. The number of nitrogens with zero attached hydrogens (tertiary/aromatic N) is 2. The van der Waals surface area contributed by atoms with Crippen molar-refractivity contribution in [3.05, 3.63) is 26.4 Å². The van der Waals surface area contributed by atoms with Crippen LogP contribution in [0, 0.1) is 0 Å². The zero-order chi connectivity index (χ0) is 16.7. The molecule has 0 atom stereocenters. The Bertz CT molecular complexity index is 614. The molecule has 0 amide bonds. The number of ketones is 1. The van der Waals surface area contributed by atoms with Crippen molar-refractivity contribution < 1.29 is 9.90 Å². The number of aliphatic hydroxyl groups excluding tert-OH is 1. The zero-order valence-electron chi connectivity index (χ0n) is 13.1. The van der Waals surface area contributed by atoms with Crippen LogP contribution in [-0.2, 0) is 6.54 Å². The fourth-order valence-electron chi connectivity index (χ4n) is 2.31. The van der Waals surface area contributed by atoms with Crippen molar-refractivity contribution >= 4 is 11.6 Å². The molecule has 8 heteroatoms. The van der Waals surface area contributed by atoms with Gasteiger partial charge in [-0.2, -0.15) is 0 Å². The quantitative estimate of drug-likeness (QED) is 0.524. The Morgan fingerprint density at radius 3 is 2.50 bits per heavy atom. The third-order valence-electron chi connectivity index (χ3n) is 3.29. The second-order valence-electron chi connectivity index (χ2n) is 5.09. The smallest absolute Gasteiger partial charge is 0.329 e. The summed E-state index contributed by atoms with van der Waals surface area (Å²) in [6.45, 7) is 5.02. The Morgan fingerprint density at radius 2 is 1.95 bits per heavy atom. The first kappa shape index (κ1) is 18.1. The van der Waals surface area contributed by atoms with Crippen molar-refractivity contribution in [2.75, 3.05) is 32.0 Å². The largest absolute Gasteiger partial charge is 0.395 e. The Morgan fingerprint density at radius 1 is 1.27 bits per heavy atom. The number of aliphatic hydroxyl groups is 1. The van der Waals surface area contributed by atoms with Crippen molar-refractivity contribution in [3.63, 3.8) is 0 Å². The molecule has 0 unspecified atom stereocenters. The van der Waals surface area contributed by atoms with Crippen molar-refractivity contribution in [2.24, 2.45) is 0 Å². The molecule has 0 aromatic carbocycles. The van der Waals surface area contributed by atoms with E-state index in [1.165, 1.54) is 4.57 Å². The van der Waals surface area contributed by atoms with Crippen LogP contribution in [-0.4, -0.2) is 51.6 Å². The summed E-state index contributed by atoms with van der Waals surface area (Å²) in [6.07, 6.45) is 1.46. The normalized spacial score (nSPS) is 11.1. The van der Waals surface area contributed by atoms with Crippen LogP contribution >= 0.6 is 0 Å². The lowest BCUT2D eigenvalue weighted by atomic mass is 10.1. The number of carbonyl (C=O) groups excluding carboxylic acids is 1. The maximum absolute atomic E-state index is 12.4. The van der Waals surface area contributed by atoms with Crippen LogP contribution in [0.4, 0.5) is 5.82 Å². The number of Topliss-reactive ketones (excluding diaryl/α,β-unsaturated/α-hetero) is 1. The second kappa shape index (κ2) is 8.50. The molecule has 0 aliphatic heterocycles. The average Bonchev–Trinajstić information content (AvgIpc) is 2.43. The Balaban J connectivity index is 3.14. The predicted octanol–water partition coefficient (Wildman–Crippen LogP) is -0.584. The number of hydrogen-bond donors (Lipinski definition) is 3. The Kier molecular flexibility index (Phi) is 7.00. The Hall–Kier alpha value is -1.93. The molecule has 1 aromatic heterocycles. The van der Waals surface area contributed by atoms with E-state index >= 15 is 0 Å². The summed E-state index contributed by atoms with van der Waals surface area (Å²) in [5.74, 6) is -0.549. The lowest BCUT2D eigenvalue weighted by Gasteiger charge is -2.20. The third-order valence-corrected chi connectivity index (χ3v) is 3.29. The van der Waals surface area contributed by atoms with E-state index in [2.05, 4.69) is 4.98 Å². The van der Waals surface area contributed by atoms with Gasteiger partial charge in [0, 0.05) is 13.1 Å². The molecule has 0 bridgehead atoms. The first-order valence-corrected chi connectivity index (χ1v) is 7.45. The molecule has 1 aromatic rings. The van der Waals surface area contributed by atoms with Gasteiger partial charge in [-0.15, -0.1) is 0 Å². The van der Waals surface area contributed by atoms with Crippen LogP contribution < -0.4 is 17.0 Å². The number of nitrogens with two attached hydrogens (primary N) is 1. The molecular formula is C14H24N4O4. The molecule has 4 N–H and O–H groups in total. The maximum atomic E-state index is 12.4. The van der Waals surface area contributed by atoms with E-state index in [1.54, 1.807) is 4.90 Å². The molecular weight excluding hydrogens is 288 g/mol. The summed E-state index contributed by atoms with van der Waals surface area (Å²) < 4.78 is 1.20. The van der Waals surface area contributed by atoms with Gasteiger partial charge in [-0.1, -0.05) is 13.8 Å². The van der Waals surface area contributed by atoms with E-state index < -0.39 is 17.0 Å². The lowest BCUT2D eigenvalue weighted by molar-refractivity contribution is 0.0913.